The van der Waals surface area contributed by atoms with E-state index in [-0.39, 0.29) is 0 Å². The molecule has 0 fully saturated rings. The minimum atomic E-state index is 0.615. The van der Waals surface area contributed by atoms with Crippen molar-refractivity contribution in [3.8, 4) is 0 Å². The standard InChI is InChI=1S/C11H23NS/c1-5-7-13-9-11(12-4)8-10(3)6-2/h11-12H,3,5-9H2,1-2,4H3. The molecule has 0 heterocycles. The molecular weight excluding hydrogens is 178 g/mol. The normalized spacial score (nSPS) is 12.8. The lowest BCUT2D eigenvalue weighted by Crippen LogP contribution is -2.28. The maximum atomic E-state index is 4.04. The zero-order valence-electron chi connectivity index (χ0n) is 9.23. The first-order valence-corrected chi connectivity index (χ1v) is 6.31. The van der Waals surface area contributed by atoms with Crippen LogP contribution >= 0.6 is 11.8 Å². The first-order valence-electron chi connectivity index (χ1n) is 5.16. The van der Waals surface area contributed by atoms with Gasteiger partial charge < -0.3 is 5.32 Å². The van der Waals surface area contributed by atoms with E-state index in [1.807, 2.05) is 18.8 Å². The summed E-state index contributed by atoms with van der Waals surface area (Å²) in [5.41, 5.74) is 1.36. The Morgan fingerprint density at radius 1 is 1.46 bits per heavy atom. The van der Waals surface area contributed by atoms with Crippen LogP contribution in [0.5, 0.6) is 0 Å². The summed E-state index contributed by atoms with van der Waals surface area (Å²) in [5, 5.41) is 3.34. The van der Waals surface area contributed by atoms with E-state index in [1.165, 1.54) is 23.5 Å². The summed E-state index contributed by atoms with van der Waals surface area (Å²) < 4.78 is 0. The lowest BCUT2D eigenvalue weighted by Gasteiger charge is -2.16. The van der Waals surface area contributed by atoms with Gasteiger partial charge in [-0.05, 0) is 32.1 Å². The van der Waals surface area contributed by atoms with Crippen LogP contribution in [-0.4, -0.2) is 24.6 Å². The first-order chi connectivity index (χ1) is 6.24. The Labute approximate surface area is 87.4 Å². The monoisotopic (exact) mass is 201 g/mol. The molecule has 1 atom stereocenters. The Morgan fingerprint density at radius 2 is 2.15 bits per heavy atom. The average molecular weight is 201 g/mol. The highest BCUT2D eigenvalue weighted by atomic mass is 32.2. The second kappa shape index (κ2) is 8.64. The van der Waals surface area contributed by atoms with Gasteiger partial charge in [-0.1, -0.05) is 26.0 Å². The third-order valence-electron chi connectivity index (χ3n) is 2.11. The third kappa shape index (κ3) is 7.15. The maximum absolute atomic E-state index is 4.04. The van der Waals surface area contributed by atoms with E-state index in [1.54, 1.807) is 0 Å². The predicted octanol–water partition coefficient (Wildman–Crippen LogP) is 3.07. The zero-order valence-corrected chi connectivity index (χ0v) is 10.0. The molecular formula is C11H23NS. The lowest BCUT2D eigenvalue weighted by molar-refractivity contribution is 0.607. The predicted molar refractivity (Wildman–Crippen MR) is 64.5 cm³/mol. The van der Waals surface area contributed by atoms with E-state index in [9.17, 15) is 0 Å². The molecule has 0 aliphatic carbocycles. The van der Waals surface area contributed by atoms with Gasteiger partial charge in [0.15, 0.2) is 0 Å². The molecule has 1 nitrogen and oxygen atoms in total. The summed E-state index contributed by atoms with van der Waals surface area (Å²) in [6.07, 6.45) is 3.51. The van der Waals surface area contributed by atoms with Crippen molar-refractivity contribution in [1.29, 1.82) is 0 Å². The number of hydrogen-bond donors (Lipinski definition) is 1. The van der Waals surface area contributed by atoms with Crippen LogP contribution in [0.2, 0.25) is 0 Å². The molecule has 0 aromatic carbocycles. The molecule has 0 aliphatic rings. The van der Waals surface area contributed by atoms with E-state index in [0.29, 0.717) is 6.04 Å². The van der Waals surface area contributed by atoms with Crippen molar-refractivity contribution < 1.29 is 0 Å². The van der Waals surface area contributed by atoms with Crippen molar-refractivity contribution in [3.63, 3.8) is 0 Å². The largest absolute Gasteiger partial charge is 0.316 e. The second-order valence-corrected chi connectivity index (χ2v) is 4.52. The van der Waals surface area contributed by atoms with Crippen LogP contribution in [-0.2, 0) is 0 Å². The van der Waals surface area contributed by atoms with E-state index in [0.717, 1.165) is 12.8 Å². The molecule has 0 aromatic rings. The van der Waals surface area contributed by atoms with Gasteiger partial charge >= 0.3 is 0 Å². The SMILES string of the molecule is C=C(CC)CC(CSCCC)NC. The molecule has 0 bridgehead atoms. The van der Waals surface area contributed by atoms with E-state index in [2.05, 4.69) is 25.7 Å². The summed E-state index contributed by atoms with van der Waals surface area (Å²) in [4.78, 5) is 0. The molecule has 0 radical (unpaired) electrons. The summed E-state index contributed by atoms with van der Waals surface area (Å²) in [7, 11) is 2.04. The molecule has 2 heteroatoms. The van der Waals surface area contributed by atoms with Crippen molar-refractivity contribution in [2.45, 2.75) is 39.2 Å². The topological polar surface area (TPSA) is 12.0 Å². The molecule has 13 heavy (non-hydrogen) atoms. The van der Waals surface area contributed by atoms with Crippen LogP contribution in [0.25, 0.3) is 0 Å². The average Bonchev–Trinajstić information content (AvgIpc) is 2.16. The van der Waals surface area contributed by atoms with Gasteiger partial charge in [-0.25, -0.2) is 0 Å². The number of rotatable bonds is 8. The Balaban J connectivity index is 3.56. The van der Waals surface area contributed by atoms with Gasteiger partial charge in [-0.3, -0.25) is 0 Å². The van der Waals surface area contributed by atoms with Crippen molar-refractivity contribution in [2.24, 2.45) is 0 Å². The summed E-state index contributed by atoms with van der Waals surface area (Å²) in [6, 6.07) is 0.615. The van der Waals surface area contributed by atoms with Crippen LogP contribution < -0.4 is 5.32 Å². The van der Waals surface area contributed by atoms with Gasteiger partial charge in [0.2, 0.25) is 0 Å². The van der Waals surface area contributed by atoms with Crippen LogP contribution in [0.15, 0.2) is 12.2 Å². The van der Waals surface area contributed by atoms with Crippen molar-refractivity contribution in [2.75, 3.05) is 18.6 Å². The van der Waals surface area contributed by atoms with Crippen molar-refractivity contribution in [1.82, 2.24) is 5.32 Å². The Hall–Kier alpha value is 0.0500. The van der Waals surface area contributed by atoms with Gasteiger partial charge in [0, 0.05) is 11.8 Å². The second-order valence-electron chi connectivity index (χ2n) is 3.37. The highest BCUT2D eigenvalue weighted by Gasteiger charge is 2.06. The van der Waals surface area contributed by atoms with E-state index >= 15 is 0 Å². The van der Waals surface area contributed by atoms with Gasteiger partial charge in [0.1, 0.15) is 0 Å². The van der Waals surface area contributed by atoms with Crippen LogP contribution in [0.3, 0.4) is 0 Å². The quantitative estimate of drug-likeness (QED) is 0.478. The van der Waals surface area contributed by atoms with Crippen molar-refractivity contribution in [3.05, 3.63) is 12.2 Å². The fourth-order valence-corrected chi connectivity index (χ4v) is 2.13. The third-order valence-corrected chi connectivity index (χ3v) is 3.45. The summed E-state index contributed by atoms with van der Waals surface area (Å²) >= 11 is 2.03. The molecule has 1 unspecified atom stereocenters. The zero-order chi connectivity index (χ0) is 10.1. The molecule has 0 saturated heterocycles. The maximum Gasteiger partial charge on any atom is 0.0192 e. The Bertz CT molecular complexity index is 134. The van der Waals surface area contributed by atoms with Crippen LogP contribution in [0.4, 0.5) is 0 Å². The van der Waals surface area contributed by atoms with Gasteiger partial charge in [0.25, 0.3) is 0 Å². The Kier molecular flexibility index (Phi) is 8.67. The molecule has 1 N–H and O–H groups in total. The highest BCUT2D eigenvalue weighted by molar-refractivity contribution is 7.99. The van der Waals surface area contributed by atoms with Gasteiger partial charge in [-0.2, -0.15) is 11.8 Å². The number of hydrogen-bond acceptors (Lipinski definition) is 2. The number of thioether (sulfide) groups is 1. The number of nitrogens with one attached hydrogen (secondary N) is 1. The van der Waals surface area contributed by atoms with Gasteiger partial charge in [0.05, 0.1) is 0 Å². The first kappa shape index (κ1) is 13.1. The molecule has 0 saturated carbocycles. The summed E-state index contributed by atoms with van der Waals surface area (Å²) in [5.74, 6) is 2.49. The smallest absolute Gasteiger partial charge is 0.0192 e. The van der Waals surface area contributed by atoms with Crippen LogP contribution in [0.1, 0.15) is 33.1 Å². The van der Waals surface area contributed by atoms with Gasteiger partial charge in [-0.15, -0.1) is 0 Å². The highest BCUT2D eigenvalue weighted by Crippen LogP contribution is 2.12. The minimum absolute atomic E-state index is 0.615. The molecule has 0 rings (SSSR count). The molecule has 0 spiro atoms. The Morgan fingerprint density at radius 3 is 2.62 bits per heavy atom. The fraction of sp³-hybridized carbons (Fsp3) is 0.818. The molecule has 78 valence electrons. The molecule has 0 aromatic heterocycles. The fourth-order valence-electron chi connectivity index (χ4n) is 1.11. The van der Waals surface area contributed by atoms with E-state index in [4.69, 9.17) is 0 Å². The molecule has 0 aliphatic heterocycles. The molecule has 0 amide bonds. The van der Waals surface area contributed by atoms with Crippen molar-refractivity contribution >= 4 is 11.8 Å². The van der Waals surface area contributed by atoms with Crippen LogP contribution in [0, 0.1) is 0 Å². The van der Waals surface area contributed by atoms with E-state index < -0.39 is 0 Å². The minimum Gasteiger partial charge on any atom is -0.316 e. The summed E-state index contributed by atoms with van der Waals surface area (Å²) in [6.45, 7) is 8.44. The lowest BCUT2D eigenvalue weighted by atomic mass is 10.1.